The van der Waals surface area contributed by atoms with Crippen LogP contribution in [-0.4, -0.2) is 42.1 Å². The van der Waals surface area contributed by atoms with Crippen molar-refractivity contribution >= 4 is 10.0 Å². The molecule has 2 aromatic rings. The summed E-state index contributed by atoms with van der Waals surface area (Å²) in [6.07, 6.45) is 2.69. The van der Waals surface area contributed by atoms with Gasteiger partial charge in [-0.05, 0) is 36.6 Å². The standard InChI is InChI=1S/C16H18FN3O3S/c17-14-5-3-13(4-6-14)12-24(21,22)20-10-7-15(8-11-20)23-16-2-1-9-18-19-16/h1-6,9,15H,7-8,10-12H2. The summed E-state index contributed by atoms with van der Waals surface area (Å²) >= 11 is 0. The average molecular weight is 351 g/mol. The van der Waals surface area contributed by atoms with Gasteiger partial charge in [0, 0.05) is 25.4 Å². The lowest BCUT2D eigenvalue weighted by atomic mass is 10.1. The molecular weight excluding hydrogens is 333 g/mol. The molecule has 1 aliphatic heterocycles. The van der Waals surface area contributed by atoms with E-state index in [1.54, 1.807) is 18.3 Å². The van der Waals surface area contributed by atoms with Crippen LogP contribution in [0.5, 0.6) is 5.88 Å². The molecule has 0 amide bonds. The van der Waals surface area contributed by atoms with Gasteiger partial charge in [0.2, 0.25) is 15.9 Å². The highest BCUT2D eigenvalue weighted by atomic mass is 32.2. The SMILES string of the molecule is O=S(=O)(Cc1ccc(F)cc1)N1CCC(Oc2cccnn2)CC1. The first-order chi connectivity index (χ1) is 11.5. The summed E-state index contributed by atoms with van der Waals surface area (Å²) in [5.74, 6) is -0.0496. The number of aromatic nitrogens is 2. The zero-order valence-electron chi connectivity index (χ0n) is 13.0. The van der Waals surface area contributed by atoms with E-state index >= 15 is 0 Å². The second kappa shape index (κ2) is 7.23. The topological polar surface area (TPSA) is 72.4 Å². The van der Waals surface area contributed by atoms with Crippen LogP contribution in [0.1, 0.15) is 18.4 Å². The van der Waals surface area contributed by atoms with Crippen molar-refractivity contribution in [2.24, 2.45) is 0 Å². The molecule has 1 aliphatic rings. The van der Waals surface area contributed by atoms with Gasteiger partial charge in [-0.15, -0.1) is 5.10 Å². The van der Waals surface area contributed by atoms with Gasteiger partial charge in [-0.25, -0.2) is 17.1 Å². The Morgan fingerprint density at radius 3 is 2.50 bits per heavy atom. The summed E-state index contributed by atoms with van der Waals surface area (Å²) in [5.41, 5.74) is 0.578. The van der Waals surface area contributed by atoms with Crippen molar-refractivity contribution in [2.75, 3.05) is 13.1 Å². The van der Waals surface area contributed by atoms with Gasteiger partial charge >= 0.3 is 0 Å². The van der Waals surface area contributed by atoms with Gasteiger partial charge in [0.05, 0.1) is 5.75 Å². The maximum absolute atomic E-state index is 12.9. The molecule has 6 nitrogen and oxygen atoms in total. The fraction of sp³-hybridized carbons (Fsp3) is 0.375. The molecule has 0 saturated carbocycles. The molecule has 0 aliphatic carbocycles. The fourth-order valence-electron chi connectivity index (χ4n) is 2.63. The number of hydrogen-bond donors (Lipinski definition) is 0. The highest BCUT2D eigenvalue weighted by Gasteiger charge is 2.29. The monoisotopic (exact) mass is 351 g/mol. The van der Waals surface area contributed by atoms with Gasteiger partial charge in [-0.2, -0.15) is 5.10 Å². The third-order valence-electron chi connectivity index (χ3n) is 3.89. The summed E-state index contributed by atoms with van der Waals surface area (Å²) in [6.45, 7) is 0.795. The Hall–Kier alpha value is -2.06. The van der Waals surface area contributed by atoms with Crippen LogP contribution in [0.4, 0.5) is 4.39 Å². The molecule has 1 aromatic heterocycles. The van der Waals surface area contributed by atoms with Crippen molar-refractivity contribution in [2.45, 2.75) is 24.7 Å². The third kappa shape index (κ3) is 4.27. The minimum Gasteiger partial charge on any atom is -0.473 e. The highest BCUT2D eigenvalue weighted by molar-refractivity contribution is 7.88. The summed E-state index contributed by atoms with van der Waals surface area (Å²) in [7, 11) is -3.42. The summed E-state index contributed by atoms with van der Waals surface area (Å²) in [6, 6.07) is 9.00. The van der Waals surface area contributed by atoms with Crippen LogP contribution in [0.15, 0.2) is 42.6 Å². The molecule has 0 atom stereocenters. The third-order valence-corrected chi connectivity index (χ3v) is 5.74. The van der Waals surface area contributed by atoms with Crippen molar-refractivity contribution in [1.82, 2.24) is 14.5 Å². The largest absolute Gasteiger partial charge is 0.473 e. The summed E-state index contributed by atoms with van der Waals surface area (Å²) < 4.78 is 45.0. The van der Waals surface area contributed by atoms with Crippen LogP contribution in [0.2, 0.25) is 0 Å². The first kappa shape index (κ1) is 16.8. The van der Waals surface area contributed by atoms with Gasteiger partial charge in [0.15, 0.2) is 0 Å². The van der Waals surface area contributed by atoms with Gasteiger partial charge in [0.25, 0.3) is 0 Å². The highest BCUT2D eigenvalue weighted by Crippen LogP contribution is 2.20. The lowest BCUT2D eigenvalue weighted by Crippen LogP contribution is -2.42. The molecule has 0 spiro atoms. The molecule has 8 heteroatoms. The van der Waals surface area contributed by atoms with Gasteiger partial charge in [0.1, 0.15) is 11.9 Å². The normalized spacial score (nSPS) is 16.9. The second-order valence-electron chi connectivity index (χ2n) is 5.66. The Labute approximate surface area is 140 Å². The maximum atomic E-state index is 12.9. The smallest absolute Gasteiger partial charge is 0.233 e. The van der Waals surface area contributed by atoms with Crippen LogP contribution in [0.3, 0.4) is 0 Å². The number of halogens is 1. The minimum absolute atomic E-state index is 0.0704. The lowest BCUT2D eigenvalue weighted by Gasteiger charge is -2.31. The number of nitrogens with zero attached hydrogens (tertiary/aromatic N) is 3. The van der Waals surface area contributed by atoms with Crippen LogP contribution < -0.4 is 4.74 Å². The lowest BCUT2D eigenvalue weighted by molar-refractivity contribution is 0.128. The van der Waals surface area contributed by atoms with Crippen molar-refractivity contribution in [3.8, 4) is 5.88 Å². The Morgan fingerprint density at radius 2 is 1.88 bits per heavy atom. The number of piperidine rings is 1. The zero-order chi connectivity index (χ0) is 17.0. The van der Waals surface area contributed by atoms with Crippen molar-refractivity contribution in [3.05, 3.63) is 54.0 Å². The van der Waals surface area contributed by atoms with E-state index in [0.717, 1.165) is 0 Å². The van der Waals surface area contributed by atoms with Gasteiger partial charge in [-0.3, -0.25) is 0 Å². The van der Waals surface area contributed by atoms with E-state index in [9.17, 15) is 12.8 Å². The molecule has 24 heavy (non-hydrogen) atoms. The molecule has 0 radical (unpaired) electrons. The molecule has 3 rings (SSSR count). The molecule has 1 fully saturated rings. The van der Waals surface area contributed by atoms with Crippen molar-refractivity contribution < 1.29 is 17.5 Å². The van der Waals surface area contributed by atoms with E-state index in [1.807, 2.05) is 0 Å². The number of rotatable bonds is 5. The molecule has 1 aromatic carbocycles. The molecule has 0 unspecified atom stereocenters. The van der Waals surface area contributed by atoms with Gasteiger partial charge in [-0.1, -0.05) is 12.1 Å². The van der Waals surface area contributed by atoms with E-state index in [-0.39, 0.29) is 17.7 Å². The second-order valence-corrected chi connectivity index (χ2v) is 7.63. The quantitative estimate of drug-likeness (QED) is 0.824. The Bertz CT molecular complexity index is 761. The van der Waals surface area contributed by atoms with Crippen LogP contribution in [0, 0.1) is 5.82 Å². The van der Waals surface area contributed by atoms with Gasteiger partial charge < -0.3 is 4.74 Å². The average Bonchev–Trinajstić information content (AvgIpc) is 2.58. The molecule has 1 saturated heterocycles. The Kier molecular flexibility index (Phi) is 5.06. The van der Waals surface area contributed by atoms with Crippen molar-refractivity contribution in [1.29, 1.82) is 0 Å². The number of sulfonamides is 1. The summed E-state index contributed by atoms with van der Waals surface area (Å²) in [5, 5.41) is 7.62. The molecule has 0 bridgehead atoms. The molecule has 0 N–H and O–H groups in total. The minimum atomic E-state index is -3.42. The van der Waals surface area contributed by atoms with Crippen LogP contribution in [0.25, 0.3) is 0 Å². The predicted molar refractivity (Wildman–Crippen MR) is 86.3 cm³/mol. The maximum Gasteiger partial charge on any atom is 0.233 e. The van der Waals surface area contributed by atoms with E-state index < -0.39 is 10.0 Å². The molecule has 128 valence electrons. The van der Waals surface area contributed by atoms with E-state index in [4.69, 9.17) is 4.74 Å². The fourth-order valence-corrected chi connectivity index (χ4v) is 4.20. The molecular formula is C16H18FN3O3S. The zero-order valence-corrected chi connectivity index (χ0v) is 13.8. The first-order valence-electron chi connectivity index (χ1n) is 7.69. The first-order valence-corrected chi connectivity index (χ1v) is 9.30. The van der Waals surface area contributed by atoms with Crippen LogP contribution in [-0.2, 0) is 15.8 Å². The van der Waals surface area contributed by atoms with E-state index in [1.165, 1.54) is 28.6 Å². The predicted octanol–water partition coefficient (Wildman–Crippen LogP) is 1.99. The van der Waals surface area contributed by atoms with Crippen molar-refractivity contribution in [3.63, 3.8) is 0 Å². The van der Waals surface area contributed by atoms with Crippen LogP contribution >= 0.6 is 0 Å². The van der Waals surface area contributed by atoms with E-state index in [0.29, 0.717) is 37.4 Å². The van der Waals surface area contributed by atoms with E-state index in [2.05, 4.69) is 10.2 Å². The number of hydrogen-bond acceptors (Lipinski definition) is 5. The number of ether oxygens (including phenoxy) is 1. The number of benzene rings is 1. The Morgan fingerprint density at radius 1 is 1.17 bits per heavy atom. The summed E-state index contributed by atoms with van der Waals surface area (Å²) in [4.78, 5) is 0. The Balaban J connectivity index is 1.56. The molecule has 2 heterocycles.